The number of aryl methyl sites for hydroxylation is 1. The van der Waals surface area contributed by atoms with Gasteiger partial charge in [-0.15, -0.1) is 0 Å². The number of hydrogen-bond acceptors (Lipinski definition) is 12. The van der Waals surface area contributed by atoms with Crippen LogP contribution >= 0.6 is 32.0 Å². The molecule has 21 heteroatoms. The molecule has 14 rings (SSSR count). The molecule has 0 saturated carbocycles. The van der Waals surface area contributed by atoms with Gasteiger partial charge in [-0.25, -0.2) is 0 Å². The predicted octanol–water partition coefficient (Wildman–Crippen LogP) is 9.17. The Kier molecular flexibility index (Phi) is 8.68. The summed E-state index contributed by atoms with van der Waals surface area (Å²) < 4.78 is 82.7. The quantitative estimate of drug-likeness (QED) is 0.125. The predicted molar refractivity (Wildman–Crippen MR) is 275 cm³/mol. The summed E-state index contributed by atoms with van der Waals surface area (Å²) in [6.45, 7) is 2.04. The van der Waals surface area contributed by atoms with E-state index in [2.05, 4.69) is 6.07 Å². The summed E-state index contributed by atoms with van der Waals surface area (Å²) in [5, 5.41) is 7.06. The number of amidine groups is 4. The Morgan fingerprint density at radius 1 is 0.386 bits per heavy atom. The normalized spacial score (nSPS) is 15.0. The Bertz CT molecular complexity index is 4910. The zero-order chi connectivity index (χ0) is 47.9. The molecule has 0 aliphatic carbocycles. The van der Waals surface area contributed by atoms with Gasteiger partial charge in [-0.1, -0.05) is 0 Å². The van der Waals surface area contributed by atoms with E-state index in [4.69, 9.17) is 62.0 Å². The van der Waals surface area contributed by atoms with Gasteiger partial charge in [-0.05, 0) is 0 Å². The molecule has 6 heterocycles. The third-order valence-corrected chi connectivity index (χ3v) is 20.5. The number of benzene rings is 8. The molecule has 1 radical (unpaired) electrons. The average Bonchev–Trinajstić information content (AvgIpc) is 3.99. The van der Waals surface area contributed by atoms with Crippen LogP contribution in [0.5, 0.6) is 0 Å². The van der Waals surface area contributed by atoms with Crippen LogP contribution in [-0.2, 0) is 27.2 Å². The van der Waals surface area contributed by atoms with Crippen molar-refractivity contribution in [3.63, 3.8) is 0 Å². The second-order valence-electron chi connectivity index (χ2n) is 17.2. The van der Waals surface area contributed by atoms with E-state index in [0.29, 0.717) is 99.3 Å². The number of nitrogens with zero attached hydrogens (tertiary/aromatic N) is 8. The molecule has 4 aliphatic heterocycles. The molecular weight excluding hydrogens is 1070 g/mol. The van der Waals surface area contributed by atoms with Crippen LogP contribution in [0.2, 0.25) is 0 Å². The van der Waals surface area contributed by atoms with Crippen LogP contribution in [0.1, 0.15) is 27.8 Å². The van der Waals surface area contributed by atoms with Gasteiger partial charge in [0.05, 0.1) is 0 Å². The fourth-order valence-electron chi connectivity index (χ4n) is 10.2. The van der Waals surface area contributed by atoms with Gasteiger partial charge in [-0.2, -0.15) is 0 Å². The minimum atomic E-state index is -4.23. The van der Waals surface area contributed by atoms with Gasteiger partial charge in [-0.3, -0.25) is 0 Å². The Hall–Kier alpha value is -6.48. The van der Waals surface area contributed by atoms with E-state index in [-0.39, 0.29) is 26.4 Å². The monoisotopic (exact) mass is 1090 g/mol. The third kappa shape index (κ3) is 6.14. The molecule has 2 aromatic heterocycles. The van der Waals surface area contributed by atoms with Crippen LogP contribution in [0, 0.1) is 6.92 Å². The molecule has 4 aliphatic rings. The minimum absolute atomic E-state index is 0.0842. The van der Waals surface area contributed by atoms with Gasteiger partial charge in [0, 0.05) is 0 Å². The zero-order valence-electron chi connectivity index (χ0n) is 35.5. The van der Waals surface area contributed by atoms with Gasteiger partial charge in [0.1, 0.15) is 0 Å². The van der Waals surface area contributed by atoms with Crippen molar-refractivity contribution in [1.82, 2.24) is 6.55 Å². The van der Waals surface area contributed by atoms with E-state index in [1.807, 2.05) is 55.9 Å². The molecule has 0 amide bonds. The summed E-state index contributed by atoms with van der Waals surface area (Å²) in [7, 11) is 5.56. The van der Waals surface area contributed by atoms with Gasteiger partial charge in [0.2, 0.25) is 0 Å². The van der Waals surface area contributed by atoms with Gasteiger partial charge >= 0.3 is 420 Å². The molecule has 0 fully saturated rings. The fourth-order valence-corrected chi connectivity index (χ4v) is 16.5. The number of hydrogen-bond donors (Lipinski definition) is 0. The van der Waals surface area contributed by atoms with E-state index in [1.54, 1.807) is 54.6 Å². The van der Waals surface area contributed by atoms with Crippen molar-refractivity contribution in [2.45, 2.75) is 21.6 Å². The first kappa shape index (κ1) is 42.4. The van der Waals surface area contributed by atoms with E-state index in [1.165, 1.54) is 18.2 Å². The number of rotatable bonds is 3. The molecule has 6 bridgehead atoms. The summed E-state index contributed by atoms with van der Waals surface area (Å²) >= 11 is -2.27. The van der Waals surface area contributed by atoms with E-state index >= 15 is 0 Å². The van der Waals surface area contributed by atoms with Crippen LogP contribution in [0.3, 0.4) is 0 Å². The molecular formula is C49H23Cl3GaN8O6S3. The molecule has 0 N–H and O–H groups in total. The molecule has 337 valence electrons. The number of aliphatic imine (C=N–C) groups is 4. The maximum atomic E-state index is 13.2. The first-order chi connectivity index (χ1) is 33.5. The van der Waals surface area contributed by atoms with Crippen molar-refractivity contribution in [2.24, 2.45) is 30.0 Å². The second-order valence-corrected chi connectivity index (χ2v) is 27.5. The van der Waals surface area contributed by atoms with Gasteiger partial charge < -0.3 is 0 Å². The van der Waals surface area contributed by atoms with Crippen LogP contribution in [0.15, 0.2) is 166 Å². The molecule has 14 nitrogen and oxygen atoms in total. The van der Waals surface area contributed by atoms with Crippen LogP contribution in [-0.4, -0.2) is 73.0 Å². The zero-order valence-corrected chi connectivity index (χ0v) is 42.7. The van der Waals surface area contributed by atoms with Gasteiger partial charge in [0.25, 0.3) is 0 Å². The van der Waals surface area contributed by atoms with Crippen LogP contribution < -0.4 is 11.0 Å². The Labute approximate surface area is 416 Å². The first-order valence-corrected chi connectivity index (χ1v) is 30.4. The van der Waals surface area contributed by atoms with E-state index in [0.717, 1.165) is 27.5 Å². The van der Waals surface area contributed by atoms with Crippen LogP contribution in [0.4, 0.5) is 11.6 Å². The first-order valence-electron chi connectivity index (χ1n) is 21.3. The molecule has 70 heavy (non-hydrogen) atoms. The summed E-state index contributed by atoms with van der Waals surface area (Å²) in [5.74, 6) is 2.06. The SMILES string of the molecule is Cc1cccc2cc3c(cc12)C1=NC3=Nc2c3cc4c(S(=O)(=O)Cl)cccc4cc3c3[n]2[Ga][n]2c(c4cc5cccc(S(=O)(=O)Cl)c5cc4c2=NC2=NC(=N3)c3cc4c(S(=O)(=O)Cl)cccc4cc32)=N1. The number of fused-ring (bicyclic) bond motifs is 18. The topological polar surface area (TPSA) is 186 Å². The number of aromatic nitrogens is 2. The van der Waals surface area contributed by atoms with Crippen molar-refractivity contribution in [3.8, 4) is 0 Å². The van der Waals surface area contributed by atoms with Crippen molar-refractivity contribution < 1.29 is 25.3 Å². The van der Waals surface area contributed by atoms with Crippen molar-refractivity contribution in [2.75, 3.05) is 0 Å². The third-order valence-electron chi connectivity index (χ3n) is 13.3. The standard InChI is InChI=1S/C49H23Cl3N8O6S3.Ga/c1-22-6-2-7-23-14-31-35(18-27(22)23)46-53-42(31)55-47-37-20-29-25(9-4-12-40(29)68(51,63)64)16-33(37)44(57-47)59-49-38-21-30-26(10-5-13-41(30)69(52,65)66)17-34(38)45(60-49)58-48-36-19-28-24(15-32(36)43(54-46)56-48)8-3-11-39(28)67(50,61)62;/h2-21H,1H3;/q-2;+2. The molecule has 0 atom stereocenters. The molecule has 0 spiro atoms. The summed E-state index contributed by atoms with van der Waals surface area (Å²) in [4.78, 5) is 31.6. The number of halogens is 3. The fraction of sp³-hybridized carbons (Fsp3) is 0.0204. The maximum absolute atomic E-state index is 13.2. The summed E-state index contributed by atoms with van der Waals surface area (Å²) in [6.07, 6.45) is 0. The molecule has 0 unspecified atom stereocenters. The van der Waals surface area contributed by atoms with E-state index in [9.17, 15) is 25.3 Å². The summed E-state index contributed by atoms with van der Waals surface area (Å²) in [6, 6.07) is 35.5. The Morgan fingerprint density at radius 3 is 1.27 bits per heavy atom. The Balaban J connectivity index is 1.22. The Morgan fingerprint density at radius 2 is 0.757 bits per heavy atom. The van der Waals surface area contributed by atoms with Crippen molar-refractivity contribution in [1.29, 1.82) is 0 Å². The van der Waals surface area contributed by atoms with Crippen molar-refractivity contribution in [3.05, 3.63) is 160 Å². The van der Waals surface area contributed by atoms with Crippen LogP contribution in [0.25, 0.3) is 64.6 Å². The molecule has 0 saturated heterocycles. The molecule has 8 aromatic carbocycles. The van der Waals surface area contributed by atoms with E-state index < -0.39 is 45.0 Å². The molecule has 10 aromatic rings. The van der Waals surface area contributed by atoms with Gasteiger partial charge in [0.15, 0.2) is 0 Å². The average molecular weight is 1090 g/mol. The summed E-state index contributed by atoms with van der Waals surface area (Å²) in [5.41, 5.74) is 4.40. The van der Waals surface area contributed by atoms with Crippen molar-refractivity contribution >= 4 is 177 Å². The second kappa shape index (κ2) is 14.3.